The number of ether oxygens (including phenoxy) is 1. The highest BCUT2D eigenvalue weighted by molar-refractivity contribution is 6.32. The van der Waals surface area contributed by atoms with Crippen molar-refractivity contribution in [2.45, 2.75) is 13.5 Å². The Hall–Kier alpha value is -2.86. The zero-order chi connectivity index (χ0) is 18.5. The van der Waals surface area contributed by atoms with Gasteiger partial charge in [-0.1, -0.05) is 23.7 Å². The molecule has 134 valence electrons. The van der Waals surface area contributed by atoms with Crippen molar-refractivity contribution < 1.29 is 13.9 Å². The van der Waals surface area contributed by atoms with Crippen LogP contribution in [-0.2, 0) is 6.54 Å². The fourth-order valence-corrected chi connectivity index (χ4v) is 2.72. The van der Waals surface area contributed by atoms with E-state index in [1.807, 2.05) is 6.92 Å². The molecule has 26 heavy (non-hydrogen) atoms. The summed E-state index contributed by atoms with van der Waals surface area (Å²) in [7, 11) is 0. The standard InChI is InChI=1S/C19H17ClFN3O2/c1-2-26-17-8-5-13(9-16(17)20)18-15(11-23-24-18)19(25)22-10-12-3-6-14(21)7-4-12/h3-9,11H,2,10H2,1H3,(H,22,25)(H,23,24). The zero-order valence-electron chi connectivity index (χ0n) is 14.1. The van der Waals surface area contributed by atoms with Crippen molar-refractivity contribution in [3.63, 3.8) is 0 Å². The number of amides is 1. The summed E-state index contributed by atoms with van der Waals surface area (Å²) in [5.74, 6) is -0.0209. The number of aromatic nitrogens is 2. The first-order valence-electron chi connectivity index (χ1n) is 8.07. The second kappa shape index (κ2) is 8.01. The number of benzene rings is 2. The molecule has 3 aromatic rings. The molecule has 1 heterocycles. The number of H-pyrrole nitrogens is 1. The predicted octanol–water partition coefficient (Wildman–Crippen LogP) is 4.20. The highest BCUT2D eigenvalue weighted by Crippen LogP contribution is 2.31. The van der Waals surface area contributed by atoms with Crippen molar-refractivity contribution in [2.75, 3.05) is 6.61 Å². The molecule has 0 saturated carbocycles. The van der Waals surface area contributed by atoms with Crippen LogP contribution in [0.5, 0.6) is 5.75 Å². The molecular weight excluding hydrogens is 357 g/mol. The SMILES string of the molecule is CCOc1ccc(-c2[nH]ncc2C(=O)NCc2ccc(F)cc2)cc1Cl. The Morgan fingerprint density at radius 3 is 2.73 bits per heavy atom. The minimum Gasteiger partial charge on any atom is -0.492 e. The fraction of sp³-hybridized carbons (Fsp3) is 0.158. The van der Waals surface area contributed by atoms with Crippen molar-refractivity contribution in [3.8, 4) is 17.0 Å². The van der Waals surface area contributed by atoms with Gasteiger partial charge in [0.15, 0.2) is 0 Å². The molecule has 0 spiro atoms. The molecule has 1 aromatic heterocycles. The summed E-state index contributed by atoms with van der Waals surface area (Å²) in [5.41, 5.74) is 2.48. The Balaban J connectivity index is 1.76. The van der Waals surface area contributed by atoms with Crippen LogP contribution in [-0.4, -0.2) is 22.7 Å². The van der Waals surface area contributed by atoms with Crippen molar-refractivity contribution in [1.82, 2.24) is 15.5 Å². The van der Waals surface area contributed by atoms with E-state index in [2.05, 4.69) is 15.5 Å². The third-order valence-electron chi connectivity index (χ3n) is 3.77. The van der Waals surface area contributed by atoms with E-state index in [0.29, 0.717) is 28.6 Å². The second-order valence-electron chi connectivity index (χ2n) is 5.55. The molecule has 0 unspecified atom stereocenters. The average molecular weight is 374 g/mol. The van der Waals surface area contributed by atoms with Gasteiger partial charge in [-0.25, -0.2) is 4.39 Å². The van der Waals surface area contributed by atoms with E-state index in [1.54, 1.807) is 30.3 Å². The van der Waals surface area contributed by atoms with Gasteiger partial charge in [0, 0.05) is 12.1 Å². The lowest BCUT2D eigenvalue weighted by Gasteiger charge is -2.09. The molecule has 2 aromatic carbocycles. The highest BCUT2D eigenvalue weighted by atomic mass is 35.5. The van der Waals surface area contributed by atoms with Crippen LogP contribution in [0.4, 0.5) is 4.39 Å². The Kier molecular flexibility index (Phi) is 5.53. The number of nitrogens with zero attached hydrogens (tertiary/aromatic N) is 1. The Labute approximate surface area is 155 Å². The third-order valence-corrected chi connectivity index (χ3v) is 4.07. The second-order valence-corrected chi connectivity index (χ2v) is 5.95. The van der Waals surface area contributed by atoms with Gasteiger partial charge >= 0.3 is 0 Å². The Morgan fingerprint density at radius 2 is 2.04 bits per heavy atom. The normalized spacial score (nSPS) is 10.6. The molecule has 0 bridgehead atoms. The van der Waals surface area contributed by atoms with E-state index in [0.717, 1.165) is 11.1 Å². The molecule has 0 saturated heterocycles. The summed E-state index contributed by atoms with van der Waals surface area (Å²) < 4.78 is 18.4. The van der Waals surface area contributed by atoms with Crippen molar-refractivity contribution in [2.24, 2.45) is 0 Å². The summed E-state index contributed by atoms with van der Waals surface area (Å²) in [5, 5.41) is 10.0. The lowest BCUT2D eigenvalue weighted by Crippen LogP contribution is -2.23. The van der Waals surface area contributed by atoms with Crippen molar-refractivity contribution >= 4 is 17.5 Å². The predicted molar refractivity (Wildman–Crippen MR) is 97.8 cm³/mol. The molecule has 0 aliphatic rings. The largest absolute Gasteiger partial charge is 0.492 e. The number of hydrogen-bond donors (Lipinski definition) is 2. The first-order chi connectivity index (χ1) is 12.6. The minimum atomic E-state index is -0.315. The summed E-state index contributed by atoms with van der Waals surface area (Å²) in [6.45, 7) is 2.68. The summed E-state index contributed by atoms with van der Waals surface area (Å²) >= 11 is 6.22. The van der Waals surface area contributed by atoms with Crippen LogP contribution < -0.4 is 10.1 Å². The number of aromatic amines is 1. The number of hydrogen-bond acceptors (Lipinski definition) is 3. The molecule has 2 N–H and O–H groups in total. The van der Waals surface area contributed by atoms with E-state index >= 15 is 0 Å². The van der Waals surface area contributed by atoms with Gasteiger partial charge in [-0.3, -0.25) is 9.89 Å². The molecular formula is C19H17ClFN3O2. The third kappa shape index (κ3) is 4.03. The average Bonchev–Trinajstić information content (AvgIpc) is 3.13. The molecule has 0 aliphatic carbocycles. The van der Waals surface area contributed by atoms with Crippen LogP contribution in [0.15, 0.2) is 48.7 Å². The van der Waals surface area contributed by atoms with E-state index in [-0.39, 0.29) is 18.3 Å². The molecule has 3 rings (SSSR count). The van der Waals surface area contributed by atoms with Crippen LogP contribution in [0.25, 0.3) is 11.3 Å². The summed E-state index contributed by atoms with van der Waals surface area (Å²) in [6, 6.07) is 11.2. The smallest absolute Gasteiger partial charge is 0.255 e. The van der Waals surface area contributed by atoms with Gasteiger partial charge < -0.3 is 10.1 Å². The maximum atomic E-state index is 12.9. The van der Waals surface area contributed by atoms with Gasteiger partial charge in [0.1, 0.15) is 11.6 Å². The summed E-state index contributed by atoms with van der Waals surface area (Å²) in [6.07, 6.45) is 1.46. The molecule has 1 amide bonds. The first-order valence-corrected chi connectivity index (χ1v) is 8.45. The molecule has 0 radical (unpaired) electrons. The Bertz CT molecular complexity index is 909. The maximum absolute atomic E-state index is 12.9. The first kappa shape index (κ1) is 17.9. The Morgan fingerprint density at radius 1 is 1.27 bits per heavy atom. The molecule has 7 heteroatoms. The lowest BCUT2D eigenvalue weighted by atomic mass is 10.1. The van der Waals surface area contributed by atoms with Crippen LogP contribution in [0.1, 0.15) is 22.8 Å². The zero-order valence-corrected chi connectivity index (χ0v) is 14.8. The quantitative estimate of drug-likeness (QED) is 0.680. The summed E-state index contributed by atoms with van der Waals surface area (Å²) in [4.78, 5) is 12.5. The maximum Gasteiger partial charge on any atom is 0.255 e. The van der Waals surface area contributed by atoms with Crippen LogP contribution in [0.2, 0.25) is 5.02 Å². The highest BCUT2D eigenvalue weighted by Gasteiger charge is 2.16. The number of carbonyl (C=O) groups is 1. The topological polar surface area (TPSA) is 67.0 Å². The lowest BCUT2D eigenvalue weighted by molar-refractivity contribution is 0.0951. The van der Waals surface area contributed by atoms with Gasteiger partial charge in [-0.05, 0) is 42.8 Å². The van der Waals surface area contributed by atoms with Gasteiger partial charge in [0.2, 0.25) is 0 Å². The van der Waals surface area contributed by atoms with Crippen LogP contribution >= 0.6 is 11.6 Å². The minimum absolute atomic E-state index is 0.285. The number of rotatable bonds is 6. The fourth-order valence-electron chi connectivity index (χ4n) is 2.49. The number of carbonyl (C=O) groups excluding carboxylic acids is 1. The van der Waals surface area contributed by atoms with Gasteiger partial charge in [0.25, 0.3) is 5.91 Å². The van der Waals surface area contributed by atoms with E-state index in [1.165, 1.54) is 18.3 Å². The molecule has 0 atom stereocenters. The molecule has 0 fully saturated rings. The van der Waals surface area contributed by atoms with Crippen molar-refractivity contribution in [1.29, 1.82) is 0 Å². The van der Waals surface area contributed by atoms with Gasteiger partial charge in [0.05, 0.1) is 29.1 Å². The van der Waals surface area contributed by atoms with Crippen LogP contribution in [0.3, 0.4) is 0 Å². The van der Waals surface area contributed by atoms with Gasteiger partial charge in [-0.2, -0.15) is 5.10 Å². The van der Waals surface area contributed by atoms with E-state index < -0.39 is 0 Å². The monoisotopic (exact) mass is 373 g/mol. The number of halogens is 2. The van der Waals surface area contributed by atoms with E-state index in [4.69, 9.17) is 16.3 Å². The van der Waals surface area contributed by atoms with E-state index in [9.17, 15) is 9.18 Å². The number of nitrogens with one attached hydrogen (secondary N) is 2. The molecule has 5 nitrogen and oxygen atoms in total. The van der Waals surface area contributed by atoms with Gasteiger partial charge in [-0.15, -0.1) is 0 Å². The van der Waals surface area contributed by atoms with Crippen molar-refractivity contribution in [3.05, 3.63) is 70.6 Å². The molecule has 0 aliphatic heterocycles. The van der Waals surface area contributed by atoms with Crippen LogP contribution in [0, 0.1) is 5.82 Å².